The van der Waals surface area contributed by atoms with Crippen molar-refractivity contribution in [3.8, 4) is 0 Å². The van der Waals surface area contributed by atoms with Crippen molar-refractivity contribution in [3.05, 3.63) is 0 Å². The molecule has 1 spiro atoms. The van der Waals surface area contributed by atoms with Crippen molar-refractivity contribution in [2.45, 2.75) is 37.6 Å². The lowest BCUT2D eigenvalue weighted by atomic mass is 9.76. The third kappa shape index (κ3) is 1.56. The lowest BCUT2D eigenvalue weighted by Crippen LogP contribution is -2.50. The van der Waals surface area contributed by atoms with Crippen LogP contribution in [-0.4, -0.2) is 34.7 Å². The summed E-state index contributed by atoms with van der Waals surface area (Å²) in [5.41, 5.74) is 3.36. The van der Waals surface area contributed by atoms with E-state index in [4.69, 9.17) is 5.11 Å². The molecule has 0 atom stereocenters. The second-order valence-electron chi connectivity index (χ2n) is 4.05. The van der Waals surface area contributed by atoms with Gasteiger partial charge in [-0.2, -0.15) is 0 Å². The minimum Gasteiger partial charge on any atom is -0.396 e. The largest absolute Gasteiger partial charge is 0.396 e. The highest BCUT2D eigenvalue weighted by Gasteiger charge is 2.46. The summed E-state index contributed by atoms with van der Waals surface area (Å²) < 4.78 is 0. The normalized spacial score (nSPS) is 25.3. The van der Waals surface area contributed by atoms with E-state index in [2.05, 4.69) is 5.43 Å². The zero-order valence-electron chi connectivity index (χ0n) is 7.75. The molecule has 74 valence electrons. The molecule has 4 heteroatoms. The quantitative estimate of drug-likeness (QED) is 0.650. The molecule has 1 heterocycles. The number of carbonyl (C=O) groups excluding carboxylic acids is 1. The van der Waals surface area contributed by atoms with Crippen LogP contribution >= 0.6 is 0 Å². The Hall–Kier alpha value is -0.610. The first kappa shape index (κ1) is 8.97. The number of carbonyl (C=O) groups is 1. The predicted molar refractivity (Wildman–Crippen MR) is 47.8 cm³/mol. The van der Waals surface area contributed by atoms with E-state index in [1.54, 1.807) is 5.01 Å². The number of hydrazine groups is 1. The van der Waals surface area contributed by atoms with Crippen molar-refractivity contribution >= 4 is 5.91 Å². The summed E-state index contributed by atoms with van der Waals surface area (Å²) >= 11 is 0. The summed E-state index contributed by atoms with van der Waals surface area (Å²) in [4.78, 5) is 11.5. The van der Waals surface area contributed by atoms with Crippen LogP contribution in [0.4, 0.5) is 0 Å². The number of rotatable bonds is 3. The van der Waals surface area contributed by atoms with Crippen LogP contribution in [0.1, 0.15) is 32.1 Å². The molecule has 0 unspecified atom stereocenters. The minimum atomic E-state index is 0.104. The zero-order chi connectivity index (χ0) is 9.31. The van der Waals surface area contributed by atoms with Gasteiger partial charge in [-0.15, -0.1) is 0 Å². The smallest absolute Gasteiger partial charge is 0.238 e. The molecule has 1 saturated heterocycles. The Morgan fingerprint density at radius 3 is 2.77 bits per heavy atom. The van der Waals surface area contributed by atoms with Crippen molar-refractivity contribution < 1.29 is 9.90 Å². The molecule has 2 fully saturated rings. The van der Waals surface area contributed by atoms with Gasteiger partial charge in [0.05, 0.1) is 0 Å². The predicted octanol–water partition coefficient (Wildman–Crippen LogP) is 0.0284. The van der Waals surface area contributed by atoms with Gasteiger partial charge >= 0.3 is 0 Å². The molecule has 2 aliphatic rings. The lowest BCUT2D eigenvalue weighted by Gasteiger charge is -2.37. The fourth-order valence-electron chi connectivity index (χ4n) is 2.07. The van der Waals surface area contributed by atoms with Crippen LogP contribution in [0.3, 0.4) is 0 Å². The van der Waals surface area contributed by atoms with E-state index in [9.17, 15) is 4.79 Å². The molecule has 1 saturated carbocycles. The van der Waals surface area contributed by atoms with Crippen molar-refractivity contribution in [1.82, 2.24) is 10.4 Å². The number of amides is 1. The second kappa shape index (κ2) is 3.27. The molecular weight excluding hydrogens is 168 g/mol. The lowest BCUT2D eigenvalue weighted by molar-refractivity contribution is -0.129. The fourth-order valence-corrected chi connectivity index (χ4v) is 2.07. The van der Waals surface area contributed by atoms with Gasteiger partial charge in [0.15, 0.2) is 0 Å². The van der Waals surface area contributed by atoms with E-state index in [1.165, 1.54) is 6.42 Å². The number of hydrogen-bond acceptors (Lipinski definition) is 3. The maximum Gasteiger partial charge on any atom is 0.238 e. The minimum absolute atomic E-state index is 0.104. The summed E-state index contributed by atoms with van der Waals surface area (Å²) in [5, 5.41) is 10.3. The molecule has 1 aliphatic carbocycles. The Bertz CT molecular complexity index is 214. The summed E-state index contributed by atoms with van der Waals surface area (Å²) in [6.45, 7) is 0.787. The van der Waals surface area contributed by atoms with Crippen molar-refractivity contribution in [1.29, 1.82) is 0 Å². The Kier molecular flexibility index (Phi) is 2.26. The number of nitrogens with zero attached hydrogens (tertiary/aromatic N) is 1. The van der Waals surface area contributed by atoms with Crippen molar-refractivity contribution in [2.75, 3.05) is 13.2 Å². The van der Waals surface area contributed by atoms with Crippen LogP contribution in [0.5, 0.6) is 0 Å². The van der Waals surface area contributed by atoms with Gasteiger partial charge in [-0.1, -0.05) is 0 Å². The summed E-state index contributed by atoms with van der Waals surface area (Å²) in [6, 6.07) is 0. The van der Waals surface area contributed by atoms with E-state index in [1.807, 2.05) is 0 Å². The molecular formula is C9H16N2O2. The van der Waals surface area contributed by atoms with E-state index in [0.717, 1.165) is 12.8 Å². The molecule has 2 rings (SSSR count). The monoisotopic (exact) mass is 184 g/mol. The first-order chi connectivity index (χ1) is 6.26. The van der Waals surface area contributed by atoms with Gasteiger partial charge in [-0.25, -0.2) is 5.43 Å². The van der Waals surface area contributed by atoms with Gasteiger partial charge < -0.3 is 5.11 Å². The average Bonchev–Trinajstić information content (AvgIpc) is 2.39. The molecule has 13 heavy (non-hydrogen) atoms. The van der Waals surface area contributed by atoms with E-state index >= 15 is 0 Å². The van der Waals surface area contributed by atoms with Crippen molar-refractivity contribution in [3.63, 3.8) is 0 Å². The van der Waals surface area contributed by atoms with Gasteiger partial charge in [-0.05, 0) is 25.7 Å². The first-order valence-electron chi connectivity index (χ1n) is 4.95. The molecule has 4 nitrogen and oxygen atoms in total. The van der Waals surface area contributed by atoms with Crippen LogP contribution < -0.4 is 5.43 Å². The zero-order valence-corrected chi connectivity index (χ0v) is 7.75. The van der Waals surface area contributed by atoms with E-state index in [-0.39, 0.29) is 18.1 Å². The molecule has 1 amide bonds. The number of aliphatic hydroxyl groups excluding tert-OH is 1. The third-order valence-electron chi connectivity index (χ3n) is 3.01. The molecule has 0 aromatic rings. The standard InChI is InChI=1S/C9H16N2O2/c12-6-2-5-11-8(13)7-9(10-11)3-1-4-9/h10,12H,1-7H2. The molecule has 0 bridgehead atoms. The van der Waals surface area contributed by atoms with E-state index < -0.39 is 0 Å². The van der Waals surface area contributed by atoms with Gasteiger partial charge in [0.1, 0.15) is 0 Å². The highest BCUT2D eigenvalue weighted by Crippen LogP contribution is 2.38. The second-order valence-corrected chi connectivity index (χ2v) is 4.05. The van der Waals surface area contributed by atoms with Crippen LogP contribution in [0.25, 0.3) is 0 Å². The molecule has 0 aromatic carbocycles. The maximum atomic E-state index is 11.5. The summed E-state index contributed by atoms with van der Waals surface area (Å²) in [6.07, 6.45) is 4.78. The van der Waals surface area contributed by atoms with Crippen LogP contribution in [-0.2, 0) is 4.79 Å². The molecule has 0 radical (unpaired) electrons. The summed E-state index contributed by atoms with van der Waals surface area (Å²) in [7, 11) is 0. The summed E-state index contributed by atoms with van der Waals surface area (Å²) in [5.74, 6) is 0.188. The number of hydrogen-bond donors (Lipinski definition) is 2. The topological polar surface area (TPSA) is 52.6 Å². The fraction of sp³-hybridized carbons (Fsp3) is 0.889. The number of aliphatic hydroxyl groups is 1. The Morgan fingerprint density at radius 2 is 2.31 bits per heavy atom. The SMILES string of the molecule is O=C1CC2(CCC2)NN1CCCO. The van der Waals surface area contributed by atoms with Gasteiger partial charge in [0.2, 0.25) is 5.91 Å². The highest BCUT2D eigenvalue weighted by molar-refractivity contribution is 5.79. The third-order valence-corrected chi connectivity index (χ3v) is 3.01. The first-order valence-corrected chi connectivity index (χ1v) is 4.95. The van der Waals surface area contributed by atoms with E-state index in [0.29, 0.717) is 19.4 Å². The van der Waals surface area contributed by atoms with Gasteiger partial charge in [-0.3, -0.25) is 9.80 Å². The maximum absolute atomic E-state index is 11.5. The average molecular weight is 184 g/mol. The van der Waals surface area contributed by atoms with Crippen molar-refractivity contribution in [2.24, 2.45) is 0 Å². The Labute approximate surface area is 77.9 Å². The van der Waals surface area contributed by atoms with Crippen LogP contribution in [0.2, 0.25) is 0 Å². The Morgan fingerprint density at radius 1 is 1.54 bits per heavy atom. The van der Waals surface area contributed by atoms with Crippen LogP contribution in [0, 0.1) is 0 Å². The molecule has 2 N–H and O–H groups in total. The molecule has 1 aliphatic heterocycles. The van der Waals surface area contributed by atoms with Gasteiger partial charge in [0.25, 0.3) is 0 Å². The molecule has 0 aromatic heterocycles. The number of nitrogens with one attached hydrogen (secondary N) is 1. The highest BCUT2D eigenvalue weighted by atomic mass is 16.3. The van der Waals surface area contributed by atoms with Gasteiger partial charge in [0, 0.05) is 25.1 Å². The van der Waals surface area contributed by atoms with Crippen LogP contribution in [0.15, 0.2) is 0 Å². The Balaban J connectivity index is 1.88.